The molecule has 0 aliphatic heterocycles. The molecule has 0 aliphatic carbocycles. The second-order valence-corrected chi connectivity index (χ2v) is 7.16. The van der Waals surface area contributed by atoms with Gasteiger partial charge in [-0.1, -0.05) is 18.2 Å². The largest absolute Gasteiger partial charge is 0.361 e. The summed E-state index contributed by atoms with van der Waals surface area (Å²) in [4.78, 5) is 15.7. The molecule has 1 aromatic heterocycles. The number of carbonyl (C=O) groups excluding carboxylic acids is 1. The Kier molecular flexibility index (Phi) is 6.96. The number of aromatic nitrogens is 1. The number of H-pyrrole nitrogens is 1. The van der Waals surface area contributed by atoms with Crippen LogP contribution in [0.15, 0.2) is 30.5 Å². The van der Waals surface area contributed by atoms with E-state index in [1.807, 2.05) is 44.3 Å². The second-order valence-electron chi connectivity index (χ2n) is 6.11. The van der Waals surface area contributed by atoms with Crippen molar-refractivity contribution in [1.29, 1.82) is 0 Å². The van der Waals surface area contributed by atoms with Gasteiger partial charge in [-0.25, -0.2) is 4.21 Å². The maximum absolute atomic E-state index is 12.5. The third-order valence-electron chi connectivity index (χ3n) is 3.73. The van der Waals surface area contributed by atoms with Gasteiger partial charge in [0, 0.05) is 23.1 Å². The van der Waals surface area contributed by atoms with Gasteiger partial charge < -0.3 is 20.2 Å². The number of rotatable bonds is 9. The molecular weight excluding hydrogens is 326 g/mol. The molecule has 0 bridgehead atoms. The van der Waals surface area contributed by atoms with Crippen molar-refractivity contribution in [2.24, 2.45) is 0 Å². The van der Waals surface area contributed by atoms with Crippen molar-refractivity contribution >= 4 is 27.9 Å². The number of carbonyl (C=O) groups is 1. The monoisotopic (exact) mass is 351 g/mol. The van der Waals surface area contributed by atoms with Crippen molar-refractivity contribution < 1.29 is 13.6 Å². The molecule has 4 N–H and O–H groups in total. The van der Waals surface area contributed by atoms with Crippen LogP contribution < -0.4 is 10.6 Å². The quantitative estimate of drug-likeness (QED) is 0.409. The van der Waals surface area contributed by atoms with Crippen molar-refractivity contribution in [3.8, 4) is 0 Å². The summed E-state index contributed by atoms with van der Waals surface area (Å²) in [5, 5.41) is 7.25. The summed E-state index contributed by atoms with van der Waals surface area (Å²) >= 11 is -1.80. The van der Waals surface area contributed by atoms with Gasteiger partial charge in [-0.2, -0.15) is 0 Å². The summed E-state index contributed by atoms with van der Waals surface area (Å²) < 4.78 is 19.6. The van der Waals surface area contributed by atoms with Crippen molar-refractivity contribution in [3.63, 3.8) is 0 Å². The van der Waals surface area contributed by atoms with Crippen LogP contribution in [-0.2, 0) is 22.3 Å². The first-order chi connectivity index (χ1) is 11.5. The van der Waals surface area contributed by atoms with E-state index < -0.39 is 11.1 Å². The van der Waals surface area contributed by atoms with Crippen LogP contribution in [-0.4, -0.2) is 44.0 Å². The molecule has 1 aromatic carbocycles. The van der Waals surface area contributed by atoms with Gasteiger partial charge >= 0.3 is 0 Å². The molecular formula is C17H25N3O3S. The van der Waals surface area contributed by atoms with Gasteiger partial charge in [-0.3, -0.25) is 4.79 Å². The van der Waals surface area contributed by atoms with Crippen molar-refractivity contribution in [2.45, 2.75) is 38.8 Å². The van der Waals surface area contributed by atoms with E-state index in [0.717, 1.165) is 16.5 Å². The number of fused-ring (bicyclic) bond motifs is 1. The highest BCUT2D eigenvalue weighted by Crippen LogP contribution is 2.19. The lowest BCUT2D eigenvalue weighted by molar-refractivity contribution is -0.123. The molecule has 2 unspecified atom stereocenters. The Balaban J connectivity index is 2.06. The van der Waals surface area contributed by atoms with E-state index >= 15 is 0 Å². The van der Waals surface area contributed by atoms with Gasteiger partial charge in [0.1, 0.15) is 0 Å². The van der Waals surface area contributed by atoms with Crippen LogP contribution in [0.5, 0.6) is 0 Å². The first kappa shape index (κ1) is 18.6. The molecule has 7 heteroatoms. The fourth-order valence-corrected chi connectivity index (χ4v) is 3.03. The molecule has 0 radical (unpaired) electrons. The molecule has 0 spiro atoms. The van der Waals surface area contributed by atoms with E-state index in [0.29, 0.717) is 19.4 Å². The number of aromatic amines is 1. The predicted molar refractivity (Wildman–Crippen MR) is 97.3 cm³/mol. The highest BCUT2D eigenvalue weighted by atomic mass is 32.2. The predicted octanol–water partition coefficient (Wildman–Crippen LogP) is 1.80. The Morgan fingerprint density at radius 3 is 2.79 bits per heavy atom. The smallest absolute Gasteiger partial charge is 0.237 e. The van der Waals surface area contributed by atoms with Crippen LogP contribution in [0.4, 0.5) is 0 Å². The molecule has 6 nitrogen and oxygen atoms in total. The number of hydrogen-bond donors (Lipinski definition) is 4. The first-order valence-corrected chi connectivity index (χ1v) is 9.41. The number of hydrogen-bond acceptors (Lipinski definition) is 3. The fourth-order valence-electron chi connectivity index (χ4n) is 2.64. The molecule has 0 fully saturated rings. The van der Waals surface area contributed by atoms with Gasteiger partial charge in [0.15, 0.2) is 11.1 Å². The molecule has 0 aliphatic rings. The standard InChI is InChI=1S/C17H25N3O3S/c1-12(2)20-17(21)16(18-8-5-9-24(22)23)10-13-11-19-15-7-4-3-6-14(13)15/h3-4,6-7,11-12,16,18-19H,5,8-10H2,1-2H3,(H,20,21)(H,22,23). The number of nitrogens with one attached hydrogen (secondary N) is 3. The van der Waals surface area contributed by atoms with Gasteiger partial charge in [0.2, 0.25) is 5.91 Å². The molecule has 2 rings (SSSR count). The Labute approximate surface area is 144 Å². The number of amides is 1. The van der Waals surface area contributed by atoms with Gasteiger partial charge in [0.25, 0.3) is 0 Å². The lowest BCUT2D eigenvalue weighted by Gasteiger charge is -2.19. The van der Waals surface area contributed by atoms with Crippen LogP contribution in [0, 0.1) is 0 Å². The van der Waals surface area contributed by atoms with Gasteiger partial charge in [-0.15, -0.1) is 0 Å². The normalized spacial score (nSPS) is 14.0. The topological polar surface area (TPSA) is 94.2 Å². The van der Waals surface area contributed by atoms with Crippen LogP contribution in [0.2, 0.25) is 0 Å². The Morgan fingerprint density at radius 2 is 2.08 bits per heavy atom. The number of para-hydroxylation sites is 1. The van der Waals surface area contributed by atoms with Crippen LogP contribution in [0.3, 0.4) is 0 Å². The molecule has 0 saturated carbocycles. The first-order valence-electron chi connectivity index (χ1n) is 8.13. The van der Waals surface area contributed by atoms with E-state index in [2.05, 4.69) is 15.6 Å². The maximum atomic E-state index is 12.5. The minimum absolute atomic E-state index is 0.0552. The van der Waals surface area contributed by atoms with Gasteiger partial charge in [-0.05, 0) is 44.9 Å². The lowest BCUT2D eigenvalue weighted by Crippen LogP contribution is -2.48. The van der Waals surface area contributed by atoms with Crippen molar-refractivity contribution in [1.82, 2.24) is 15.6 Å². The molecule has 2 aromatic rings. The zero-order valence-electron chi connectivity index (χ0n) is 14.0. The SMILES string of the molecule is CC(C)NC(=O)C(Cc1c[nH]c2ccccc12)NCCCS(=O)O. The molecule has 1 amide bonds. The van der Waals surface area contributed by atoms with E-state index in [9.17, 15) is 9.00 Å². The zero-order chi connectivity index (χ0) is 17.5. The van der Waals surface area contributed by atoms with Gasteiger partial charge in [0.05, 0.1) is 11.8 Å². The van der Waals surface area contributed by atoms with E-state index in [1.165, 1.54) is 0 Å². The molecule has 24 heavy (non-hydrogen) atoms. The average molecular weight is 351 g/mol. The van der Waals surface area contributed by atoms with Crippen LogP contribution >= 0.6 is 0 Å². The number of benzene rings is 1. The Bertz CT molecular complexity index is 699. The fraction of sp³-hybridized carbons (Fsp3) is 0.471. The van der Waals surface area contributed by atoms with Crippen molar-refractivity contribution in [3.05, 3.63) is 36.0 Å². The molecule has 132 valence electrons. The van der Waals surface area contributed by atoms with E-state index in [4.69, 9.17) is 4.55 Å². The third-order valence-corrected chi connectivity index (χ3v) is 4.37. The van der Waals surface area contributed by atoms with E-state index in [1.54, 1.807) is 0 Å². The summed E-state index contributed by atoms with van der Waals surface area (Å²) in [6.07, 6.45) is 3.04. The zero-order valence-corrected chi connectivity index (χ0v) is 14.9. The summed E-state index contributed by atoms with van der Waals surface area (Å²) in [6, 6.07) is 7.68. The van der Waals surface area contributed by atoms with E-state index in [-0.39, 0.29) is 23.7 Å². The van der Waals surface area contributed by atoms with Crippen LogP contribution in [0.25, 0.3) is 10.9 Å². The maximum Gasteiger partial charge on any atom is 0.237 e. The lowest BCUT2D eigenvalue weighted by atomic mass is 10.0. The Morgan fingerprint density at radius 1 is 1.33 bits per heavy atom. The summed E-state index contributed by atoms with van der Waals surface area (Å²) in [5.41, 5.74) is 2.12. The molecule has 2 atom stereocenters. The van der Waals surface area contributed by atoms with Crippen LogP contribution in [0.1, 0.15) is 25.8 Å². The minimum Gasteiger partial charge on any atom is -0.361 e. The Hall–Kier alpha value is -1.70. The second kappa shape index (κ2) is 8.96. The average Bonchev–Trinajstić information content (AvgIpc) is 2.92. The third kappa shape index (κ3) is 5.43. The summed E-state index contributed by atoms with van der Waals surface area (Å²) in [5.74, 6) is 0.152. The highest BCUT2D eigenvalue weighted by molar-refractivity contribution is 7.79. The summed E-state index contributed by atoms with van der Waals surface area (Å²) in [7, 11) is 0. The minimum atomic E-state index is -1.80. The summed E-state index contributed by atoms with van der Waals surface area (Å²) in [6.45, 7) is 4.37. The molecule has 0 saturated heterocycles. The molecule has 1 heterocycles. The highest BCUT2D eigenvalue weighted by Gasteiger charge is 2.20. The van der Waals surface area contributed by atoms with Crippen molar-refractivity contribution in [2.75, 3.05) is 12.3 Å².